The minimum absolute atomic E-state index is 0.0253. The molecule has 1 atom stereocenters. The van der Waals surface area contributed by atoms with Crippen LogP contribution in [-0.4, -0.2) is 39.2 Å². The summed E-state index contributed by atoms with van der Waals surface area (Å²) in [7, 11) is -3.44. The lowest BCUT2D eigenvalue weighted by molar-refractivity contribution is -0.119. The van der Waals surface area contributed by atoms with Gasteiger partial charge in [-0.25, -0.2) is 22.0 Å². The molecule has 1 amide bonds. The van der Waals surface area contributed by atoms with Gasteiger partial charge in [-0.1, -0.05) is 0 Å². The van der Waals surface area contributed by atoms with Gasteiger partial charge in [0.05, 0.1) is 17.5 Å². The van der Waals surface area contributed by atoms with E-state index < -0.39 is 40.1 Å². The summed E-state index contributed by atoms with van der Waals surface area (Å²) in [6.45, 7) is 1.14. The maximum atomic E-state index is 13.2. The topological polar surface area (TPSA) is 92.8 Å². The number of hydrogen-bond acceptors (Lipinski definition) is 5. The zero-order valence-electron chi connectivity index (χ0n) is 15.6. The van der Waals surface area contributed by atoms with E-state index in [-0.39, 0.29) is 17.3 Å². The van der Waals surface area contributed by atoms with Gasteiger partial charge in [-0.15, -0.1) is 0 Å². The highest BCUT2D eigenvalue weighted by Crippen LogP contribution is 2.34. The van der Waals surface area contributed by atoms with Crippen LogP contribution < -0.4 is 9.62 Å². The van der Waals surface area contributed by atoms with Crippen molar-refractivity contribution >= 4 is 33.3 Å². The highest BCUT2D eigenvalue weighted by atomic mass is 32.2. The summed E-state index contributed by atoms with van der Waals surface area (Å²) in [6.07, 6.45) is 1.56. The largest absolute Gasteiger partial charge is 0.452 e. The number of amides is 1. The molecule has 1 aliphatic heterocycles. The number of sulfonamides is 1. The average molecular weight is 424 g/mol. The van der Waals surface area contributed by atoms with Gasteiger partial charge < -0.3 is 10.1 Å². The Labute approximate surface area is 166 Å². The van der Waals surface area contributed by atoms with E-state index in [1.807, 2.05) is 0 Å². The van der Waals surface area contributed by atoms with Crippen LogP contribution in [0.3, 0.4) is 0 Å². The molecule has 2 aromatic rings. The fourth-order valence-electron chi connectivity index (χ4n) is 3.22. The number of ether oxygens (including phenoxy) is 1. The number of benzene rings is 2. The average Bonchev–Trinajstić information content (AvgIpc) is 2.97. The number of carbonyl (C=O) groups excluding carboxylic acids is 2. The minimum Gasteiger partial charge on any atom is -0.452 e. The number of esters is 1. The predicted octanol–water partition coefficient (Wildman–Crippen LogP) is 2.47. The third kappa shape index (κ3) is 4.53. The van der Waals surface area contributed by atoms with Gasteiger partial charge in [-0.3, -0.25) is 9.10 Å². The Bertz CT molecular complexity index is 1090. The first kappa shape index (κ1) is 20.7. The van der Waals surface area contributed by atoms with Crippen LogP contribution in [0.15, 0.2) is 36.4 Å². The molecule has 0 saturated heterocycles. The van der Waals surface area contributed by atoms with Crippen molar-refractivity contribution in [3.05, 3.63) is 59.2 Å². The predicted molar refractivity (Wildman–Crippen MR) is 102 cm³/mol. The van der Waals surface area contributed by atoms with Crippen LogP contribution in [0.25, 0.3) is 0 Å². The van der Waals surface area contributed by atoms with Crippen molar-refractivity contribution in [1.29, 1.82) is 0 Å². The van der Waals surface area contributed by atoms with Crippen LogP contribution in [-0.2, 0) is 26.0 Å². The van der Waals surface area contributed by atoms with Crippen molar-refractivity contribution < 1.29 is 31.5 Å². The Morgan fingerprint density at radius 1 is 1.17 bits per heavy atom. The molecule has 7 nitrogen and oxygen atoms in total. The van der Waals surface area contributed by atoms with E-state index in [9.17, 15) is 26.8 Å². The van der Waals surface area contributed by atoms with Crippen LogP contribution in [0.1, 0.15) is 22.8 Å². The highest BCUT2D eigenvalue weighted by molar-refractivity contribution is 7.92. The SMILES string of the molecule is CC1Cc2cc(C(=O)OCC(=O)Nc3ccc(F)c(F)c3)ccc2N1S(C)(=O)=O. The van der Waals surface area contributed by atoms with Gasteiger partial charge in [0, 0.05) is 17.8 Å². The van der Waals surface area contributed by atoms with Gasteiger partial charge in [0.15, 0.2) is 18.2 Å². The third-order valence-electron chi connectivity index (χ3n) is 4.36. The standard InChI is InChI=1S/C19H18F2N2O5S/c1-11-7-13-8-12(3-6-17(13)23(11)29(2,26)27)19(25)28-10-18(24)22-14-4-5-15(20)16(21)9-14/h3-6,8-9,11H,7,10H2,1-2H3,(H,22,24). The number of nitrogens with zero attached hydrogens (tertiary/aromatic N) is 1. The third-order valence-corrected chi connectivity index (χ3v) is 5.63. The molecule has 3 rings (SSSR count). The number of fused-ring (bicyclic) bond motifs is 1. The van der Waals surface area contributed by atoms with Crippen LogP contribution in [0.4, 0.5) is 20.2 Å². The Balaban J connectivity index is 1.64. The Morgan fingerprint density at radius 3 is 2.55 bits per heavy atom. The molecule has 154 valence electrons. The number of nitrogens with one attached hydrogen (secondary N) is 1. The molecule has 1 aliphatic rings. The zero-order valence-corrected chi connectivity index (χ0v) is 16.4. The Morgan fingerprint density at radius 2 is 1.90 bits per heavy atom. The number of carbonyl (C=O) groups is 2. The number of rotatable bonds is 5. The van der Waals surface area contributed by atoms with Gasteiger partial charge in [0.1, 0.15) is 0 Å². The summed E-state index contributed by atoms with van der Waals surface area (Å²) in [5, 5.41) is 2.29. The molecule has 0 fully saturated rings. The van der Waals surface area contributed by atoms with Gasteiger partial charge in [0.25, 0.3) is 5.91 Å². The van der Waals surface area contributed by atoms with E-state index in [2.05, 4.69) is 5.32 Å². The molecule has 0 aliphatic carbocycles. The second kappa shape index (κ2) is 7.78. The van der Waals surface area contributed by atoms with Crippen molar-refractivity contribution in [2.45, 2.75) is 19.4 Å². The quantitative estimate of drug-likeness (QED) is 0.745. The van der Waals surface area contributed by atoms with Crippen molar-refractivity contribution in [2.24, 2.45) is 0 Å². The first-order valence-corrected chi connectivity index (χ1v) is 10.5. The lowest BCUT2D eigenvalue weighted by atomic mass is 10.1. The summed E-state index contributed by atoms with van der Waals surface area (Å²) >= 11 is 0. The summed E-state index contributed by atoms with van der Waals surface area (Å²) in [5.74, 6) is -3.65. The molecule has 1 unspecified atom stereocenters. The lowest BCUT2D eigenvalue weighted by Gasteiger charge is -2.21. The van der Waals surface area contributed by atoms with Crippen molar-refractivity contribution in [3.8, 4) is 0 Å². The molecule has 1 heterocycles. The second-order valence-corrected chi connectivity index (χ2v) is 8.57. The minimum atomic E-state index is -3.44. The molecule has 0 aromatic heterocycles. The number of hydrogen-bond donors (Lipinski definition) is 1. The zero-order chi connectivity index (χ0) is 21.3. The molecular weight excluding hydrogens is 406 g/mol. The van der Waals surface area contributed by atoms with Gasteiger partial charge in [-0.05, 0) is 49.2 Å². The Hall–Kier alpha value is -3.01. The van der Waals surface area contributed by atoms with E-state index >= 15 is 0 Å². The van der Waals surface area contributed by atoms with Crippen LogP contribution >= 0.6 is 0 Å². The van der Waals surface area contributed by atoms with Crippen molar-refractivity contribution in [3.63, 3.8) is 0 Å². The molecule has 0 saturated carbocycles. The van der Waals surface area contributed by atoms with Crippen LogP contribution in [0.2, 0.25) is 0 Å². The van der Waals surface area contributed by atoms with Crippen molar-refractivity contribution in [2.75, 3.05) is 22.5 Å². The van der Waals surface area contributed by atoms with Crippen LogP contribution in [0, 0.1) is 11.6 Å². The molecule has 0 radical (unpaired) electrons. The van der Waals surface area contributed by atoms with Gasteiger partial charge in [0.2, 0.25) is 10.0 Å². The van der Waals surface area contributed by atoms with E-state index in [1.54, 1.807) is 6.92 Å². The maximum Gasteiger partial charge on any atom is 0.338 e. The molecule has 0 spiro atoms. The summed E-state index contributed by atoms with van der Waals surface area (Å²) in [5.41, 5.74) is 1.39. The lowest BCUT2D eigenvalue weighted by Crippen LogP contribution is -2.34. The van der Waals surface area contributed by atoms with E-state index in [1.165, 1.54) is 28.6 Å². The first-order chi connectivity index (χ1) is 13.6. The molecular formula is C19H18F2N2O5S. The Kier molecular flexibility index (Phi) is 5.56. The van der Waals surface area contributed by atoms with Crippen molar-refractivity contribution in [1.82, 2.24) is 0 Å². The summed E-state index contributed by atoms with van der Waals surface area (Å²) < 4.78 is 56.2. The van der Waals surface area contributed by atoms with Crippen LogP contribution in [0.5, 0.6) is 0 Å². The molecule has 1 N–H and O–H groups in total. The molecule has 10 heteroatoms. The smallest absolute Gasteiger partial charge is 0.338 e. The molecule has 29 heavy (non-hydrogen) atoms. The van der Waals surface area contributed by atoms with Gasteiger partial charge >= 0.3 is 5.97 Å². The number of anilines is 2. The highest BCUT2D eigenvalue weighted by Gasteiger charge is 2.32. The monoisotopic (exact) mass is 424 g/mol. The van der Waals surface area contributed by atoms with Gasteiger partial charge in [-0.2, -0.15) is 0 Å². The molecule has 2 aromatic carbocycles. The van der Waals surface area contributed by atoms with E-state index in [4.69, 9.17) is 4.74 Å². The molecule has 0 bridgehead atoms. The number of halogens is 2. The maximum absolute atomic E-state index is 13.2. The van der Waals surface area contributed by atoms with E-state index in [0.29, 0.717) is 17.7 Å². The first-order valence-electron chi connectivity index (χ1n) is 8.60. The normalized spacial score (nSPS) is 15.7. The fourth-order valence-corrected chi connectivity index (χ4v) is 4.48. The summed E-state index contributed by atoms with van der Waals surface area (Å²) in [4.78, 5) is 24.1. The van der Waals surface area contributed by atoms with E-state index in [0.717, 1.165) is 18.4 Å². The summed E-state index contributed by atoms with van der Waals surface area (Å²) in [6, 6.07) is 7.06. The fraction of sp³-hybridized carbons (Fsp3) is 0.263. The second-order valence-electron chi connectivity index (χ2n) is 6.71.